The van der Waals surface area contributed by atoms with Crippen LogP contribution < -0.4 is 0 Å². The van der Waals surface area contributed by atoms with Crippen molar-refractivity contribution in [3.05, 3.63) is 57.6 Å². The highest BCUT2D eigenvalue weighted by Crippen LogP contribution is 2.41. The van der Waals surface area contributed by atoms with Gasteiger partial charge in [-0.3, -0.25) is 14.4 Å². The summed E-state index contributed by atoms with van der Waals surface area (Å²) in [7, 11) is 0. The maximum Gasteiger partial charge on any atom is 0.201 e. The quantitative estimate of drug-likeness (QED) is 0.664. The van der Waals surface area contributed by atoms with Crippen LogP contribution >= 0.6 is 0 Å². The number of hydrogen-bond acceptors (Lipinski definition) is 5. The molecule has 2 aromatic carbocycles. The van der Waals surface area contributed by atoms with Gasteiger partial charge in [0.25, 0.3) is 0 Å². The minimum absolute atomic E-state index is 0.0231. The van der Waals surface area contributed by atoms with Crippen molar-refractivity contribution in [2.75, 3.05) is 0 Å². The fourth-order valence-corrected chi connectivity index (χ4v) is 3.75. The molecule has 5 nitrogen and oxygen atoms in total. The van der Waals surface area contributed by atoms with Crippen molar-refractivity contribution in [2.24, 2.45) is 5.92 Å². The van der Waals surface area contributed by atoms with Crippen LogP contribution in [0.25, 0.3) is 0 Å². The first-order valence-corrected chi connectivity index (χ1v) is 7.73. The first kappa shape index (κ1) is 14.6. The first-order chi connectivity index (χ1) is 11.4. The average Bonchev–Trinajstić information content (AvgIpc) is 2.50. The lowest BCUT2D eigenvalue weighted by Crippen LogP contribution is -2.28. The van der Waals surface area contributed by atoms with Crippen molar-refractivity contribution >= 4 is 17.3 Å². The number of aromatic hydroxyl groups is 2. The molecular formula is C19H14O5. The number of carbonyl (C=O) groups is 3. The summed E-state index contributed by atoms with van der Waals surface area (Å²) in [6.07, 6.45) is 0.870. The van der Waals surface area contributed by atoms with Gasteiger partial charge < -0.3 is 10.2 Å². The van der Waals surface area contributed by atoms with Crippen LogP contribution in [0.3, 0.4) is 0 Å². The predicted octanol–water partition coefficient (Wildman–Crippen LogP) is 2.64. The first-order valence-electron chi connectivity index (χ1n) is 7.73. The van der Waals surface area contributed by atoms with Gasteiger partial charge in [-0.15, -0.1) is 0 Å². The van der Waals surface area contributed by atoms with E-state index in [0.717, 1.165) is 0 Å². The van der Waals surface area contributed by atoms with Gasteiger partial charge in [0.05, 0.1) is 11.1 Å². The molecule has 0 bridgehead atoms. The number of carbonyl (C=O) groups excluding carboxylic acids is 3. The molecule has 1 atom stereocenters. The molecule has 0 spiro atoms. The van der Waals surface area contributed by atoms with E-state index in [-0.39, 0.29) is 51.0 Å². The maximum absolute atomic E-state index is 12.9. The number of phenolic OH excluding ortho intramolecular Hbond substituents is 2. The highest BCUT2D eigenvalue weighted by molar-refractivity contribution is 6.32. The zero-order valence-electron chi connectivity index (χ0n) is 12.9. The zero-order valence-corrected chi connectivity index (χ0v) is 12.9. The van der Waals surface area contributed by atoms with Crippen LogP contribution in [0, 0.1) is 5.92 Å². The van der Waals surface area contributed by atoms with Crippen molar-refractivity contribution < 1.29 is 24.6 Å². The number of Topliss-reactive ketones (excluding diaryl/α,β-unsaturated/α-hetero) is 1. The molecule has 0 heterocycles. The number of benzene rings is 2. The maximum atomic E-state index is 12.9. The van der Waals surface area contributed by atoms with Crippen molar-refractivity contribution in [3.63, 3.8) is 0 Å². The monoisotopic (exact) mass is 322 g/mol. The van der Waals surface area contributed by atoms with Crippen LogP contribution in [0.4, 0.5) is 0 Å². The van der Waals surface area contributed by atoms with Crippen molar-refractivity contribution in [2.45, 2.75) is 19.8 Å². The summed E-state index contributed by atoms with van der Waals surface area (Å²) >= 11 is 0. The highest BCUT2D eigenvalue weighted by atomic mass is 16.3. The molecule has 4 rings (SSSR count). The molecule has 1 unspecified atom stereocenters. The summed E-state index contributed by atoms with van der Waals surface area (Å²) in [4.78, 5) is 38.2. The molecule has 0 fully saturated rings. The third-order valence-electron chi connectivity index (χ3n) is 4.74. The van der Waals surface area contributed by atoms with Gasteiger partial charge in [-0.05, 0) is 30.0 Å². The topological polar surface area (TPSA) is 91.7 Å². The zero-order chi connectivity index (χ0) is 17.2. The number of phenols is 2. The number of rotatable bonds is 0. The van der Waals surface area contributed by atoms with Crippen LogP contribution in [0.5, 0.6) is 11.5 Å². The van der Waals surface area contributed by atoms with E-state index in [1.54, 1.807) is 0 Å². The van der Waals surface area contributed by atoms with Crippen LogP contribution in [0.2, 0.25) is 0 Å². The van der Waals surface area contributed by atoms with E-state index in [0.29, 0.717) is 18.4 Å². The molecule has 2 aromatic rings. The van der Waals surface area contributed by atoms with Gasteiger partial charge in [0.15, 0.2) is 11.6 Å². The predicted molar refractivity (Wildman–Crippen MR) is 84.9 cm³/mol. The van der Waals surface area contributed by atoms with Gasteiger partial charge in [-0.2, -0.15) is 0 Å². The molecule has 0 saturated heterocycles. The van der Waals surface area contributed by atoms with Crippen LogP contribution in [-0.4, -0.2) is 27.6 Å². The second-order valence-corrected chi connectivity index (χ2v) is 6.47. The van der Waals surface area contributed by atoms with Crippen LogP contribution in [0.15, 0.2) is 24.3 Å². The SMILES string of the molecule is CC1CC(=O)c2c(cc(O)c3c2C(=O)c2cccc(O)c2C3=O)C1. The van der Waals surface area contributed by atoms with E-state index < -0.39 is 11.6 Å². The molecule has 2 N–H and O–H groups in total. The summed E-state index contributed by atoms with van der Waals surface area (Å²) in [5, 5.41) is 20.3. The number of ketones is 3. The Labute approximate surface area is 137 Å². The number of fused-ring (bicyclic) bond motifs is 4. The summed E-state index contributed by atoms with van der Waals surface area (Å²) < 4.78 is 0. The molecule has 2 aliphatic rings. The standard InChI is InChI=1S/C19H14O5/c1-8-5-9-7-13(22)16-17(14(9)12(21)6-8)18(23)10-3-2-4-11(20)15(10)19(16)24/h2-4,7-8,20,22H,5-6H2,1H3. The minimum Gasteiger partial charge on any atom is -0.507 e. The van der Waals surface area contributed by atoms with Gasteiger partial charge in [-0.1, -0.05) is 19.1 Å². The van der Waals surface area contributed by atoms with Crippen molar-refractivity contribution in [1.29, 1.82) is 0 Å². The molecule has 0 aliphatic heterocycles. The average molecular weight is 322 g/mol. The van der Waals surface area contributed by atoms with Gasteiger partial charge in [0, 0.05) is 23.1 Å². The highest BCUT2D eigenvalue weighted by Gasteiger charge is 2.39. The fourth-order valence-electron chi connectivity index (χ4n) is 3.75. The van der Waals surface area contributed by atoms with Crippen molar-refractivity contribution in [3.8, 4) is 11.5 Å². The Balaban J connectivity index is 2.08. The number of hydrogen-bond donors (Lipinski definition) is 2. The largest absolute Gasteiger partial charge is 0.507 e. The summed E-state index contributed by atoms with van der Waals surface area (Å²) in [6, 6.07) is 5.64. The Bertz CT molecular complexity index is 955. The lowest BCUT2D eigenvalue weighted by atomic mass is 9.74. The molecule has 0 aromatic heterocycles. The van der Waals surface area contributed by atoms with E-state index >= 15 is 0 Å². The van der Waals surface area contributed by atoms with Gasteiger partial charge >= 0.3 is 0 Å². The lowest BCUT2D eigenvalue weighted by Gasteiger charge is -2.27. The smallest absolute Gasteiger partial charge is 0.201 e. The molecule has 2 aliphatic carbocycles. The summed E-state index contributed by atoms with van der Waals surface area (Å²) in [5.74, 6) is -1.85. The van der Waals surface area contributed by atoms with Crippen LogP contribution in [0.1, 0.15) is 61.1 Å². The second-order valence-electron chi connectivity index (χ2n) is 6.47. The second kappa shape index (κ2) is 4.77. The minimum atomic E-state index is -0.635. The fraction of sp³-hybridized carbons (Fsp3) is 0.211. The van der Waals surface area contributed by atoms with Gasteiger partial charge in [0.2, 0.25) is 5.78 Å². The molecule has 5 heteroatoms. The lowest BCUT2D eigenvalue weighted by molar-refractivity contribution is 0.0934. The molecular weight excluding hydrogens is 308 g/mol. The Morgan fingerprint density at radius 1 is 0.875 bits per heavy atom. The van der Waals surface area contributed by atoms with E-state index in [1.807, 2.05) is 6.92 Å². The summed E-state index contributed by atoms with van der Waals surface area (Å²) in [5.41, 5.74) is 0.572. The van der Waals surface area contributed by atoms with Crippen LogP contribution in [-0.2, 0) is 6.42 Å². The van der Waals surface area contributed by atoms with E-state index in [9.17, 15) is 24.6 Å². The van der Waals surface area contributed by atoms with Gasteiger partial charge in [0.1, 0.15) is 11.5 Å². The third kappa shape index (κ3) is 1.78. The Morgan fingerprint density at radius 3 is 2.38 bits per heavy atom. The van der Waals surface area contributed by atoms with E-state index in [4.69, 9.17) is 0 Å². The Kier molecular flexibility index (Phi) is 2.91. The Hall–Kier alpha value is -2.95. The van der Waals surface area contributed by atoms with Crippen molar-refractivity contribution in [1.82, 2.24) is 0 Å². The summed E-state index contributed by atoms with van der Waals surface area (Å²) in [6.45, 7) is 1.93. The normalized spacial score (nSPS) is 18.9. The Morgan fingerprint density at radius 2 is 1.62 bits per heavy atom. The molecule has 24 heavy (non-hydrogen) atoms. The molecule has 120 valence electrons. The van der Waals surface area contributed by atoms with E-state index in [2.05, 4.69) is 0 Å². The molecule has 0 amide bonds. The third-order valence-corrected chi connectivity index (χ3v) is 4.74. The van der Waals surface area contributed by atoms with Gasteiger partial charge in [-0.25, -0.2) is 0 Å². The van der Waals surface area contributed by atoms with E-state index in [1.165, 1.54) is 24.3 Å². The molecule has 0 radical (unpaired) electrons. The molecule has 0 saturated carbocycles.